The number of sulfone groups is 1. The fraction of sp³-hybridized carbons (Fsp3) is 0.435. The topological polar surface area (TPSA) is 147 Å². The van der Waals surface area contributed by atoms with E-state index in [1.807, 2.05) is 29.5 Å². The Kier molecular flexibility index (Phi) is 5.90. The highest BCUT2D eigenvalue weighted by molar-refractivity contribution is 7.92. The lowest BCUT2D eigenvalue weighted by atomic mass is 9.97. The van der Waals surface area contributed by atoms with Crippen molar-refractivity contribution in [3.63, 3.8) is 0 Å². The van der Waals surface area contributed by atoms with Crippen LogP contribution in [-0.4, -0.2) is 67.3 Å². The number of urea groups is 1. The number of fused-ring (bicyclic) bond motifs is 1. The predicted molar refractivity (Wildman–Crippen MR) is 128 cm³/mol. The largest absolute Gasteiger partial charge is 0.493 e. The Morgan fingerprint density at radius 3 is 2.77 bits per heavy atom. The molecule has 2 aliphatic heterocycles. The van der Waals surface area contributed by atoms with Crippen molar-refractivity contribution in [3.8, 4) is 17.0 Å². The zero-order valence-electron chi connectivity index (χ0n) is 19.5. The fourth-order valence-electron chi connectivity index (χ4n) is 4.61. The maximum absolute atomic E-state index is 11.5. The van der Waals surface area contributed by atoms with Gasteiger partial charge in [0.25, 0.3) is 0 Å². The Hall–Kier alpha value is -3.22. The molecular weight excluding hydrogens is 474 g/mol. The molecule has 1 atom stereocenters. The Balaban J connectivity index is 1.57. The molecule has 2 fully saturated rings. The Morgan fingerprint density at radius 1 is 1.31 bits per heavy atom. The minimum atomic E-state index is -2.93. The third-order valence-electron chi connectivity index (χ3n) is 6.49. The number of methoxy groups -OCH3 is 1. The minimum Gasteiger partial charge on any atom is -0.493 e. The van der Waals surface area contributed by atoms with Crippen molar-refractivity contribution in [2.24, 2.45) is 11.7 Å². The molecule has 35 heavy (non-hydrogen) atoms. The summed E-state index contributed by atoms with van der Waals surface area (Å²) in [5.74, 6) is 1.14. The van der Waals surface area contributed by atoms with Crippen LogP contribution in [0.4, 0.5) is 10.6 Å². The van der Waals surface area contributed by atoms with Crippen LogP contribution in [0.5, 0.6) is 5.75 Å². The molecule has 5 heterocycles. The number of primary amides is 1. The first-order chi connectivity index (χ1) is 16.7. The van der Waals surface area contributed by atoms with E-state index in [0.717, 1.165) is 16.8 Å². The molecule has 0 bridgehead atoms. The van der Waals surface area contributed by atoms with Crippen LogP contribution in [0.15, 0.2) is 30.6 Å². The Labute approximate surface area is 202 Å². The number of nitrogens with two attached hydrogens (primary N) is 1. The normalized spacial score (nSPS) is 21.7. The van der Waals surface area contributed by atoms with Gasteiger partial charge in [-0.1, -0.05) is 0 Å². The summed E-state index contributed by atoms with van der Waals surface area (Å²) in [5, 5.41) is 2.50. The van der Waals surface area contributed by atoms with Crippen molar-refractivity contribution < 1.29 is 27.4 Å². The highest BCUT2D eigenvalue weighted by atomic mass is 32.2. The Bertz CT molecular complexity index is 1380. The molecule has 2 aliphatic rings. The predicted octanol–water partition coefficient (Wildman–Crippen LogP) is 1.88. The maximum Gasteiger partial charge on any atom is 0.317 e. The molecule has 0 saturated carbocycles. The first-order valence-electron chi connectivity index (χ1n) is 11.2. The van der Waals surface area contributed by atoms with Gasteiger partial charge in [0.15, 0.2) is 9.84 Å². The molecule has 0 radical (unpaired) electrons. The van der Waals surface area contributed by atoms with Crippen LogP contribution >= 0.6 is 0 Å². The van der Waals surface area contributed by atoms with Crippen molar-refractivity contribution in [2.45, 2.75) is 18.9 Å². The second-order valence-corrected chi connectivity index (χ2v) is 11.2. The van der Waals surface area contributed by atoms with Gasteiger partial charge in [-0.05, 0) is 13.0 Å². The molecule has 11 nitrogen and oxygen atoms in total. The minimum absolute atomic E-state index is 0.0303. The van der Waals surface area contributed by atoms with Gasteiger partial charge in [0.1, 0.15) is 23.5 Å². The number of nitrogens with one attached hydrogen (secondary N) is 1. The van der Waals surface area contributed by atoms with E-state index in [4.69, 9.17) is 24.9 Å². The second-order valence-electron chi connectivity index (χ2n) is 9.05. The third kappa shape index (κ3) is 4.56. The van der Waals surface area contributed by atoms with E-state index in [0.29, 0.717) is 49.2 Å². The third-order valence-corrected chi connectivity index (χ3v) is 8.45. The maximum atomic E-state index is 11.5. The van der Waals surface area contributed by atoms with E-state index < -0.39 is 21.5 Å². The summed E-state index contributed by atoms with van der Waals surface area (Å²) < 4.78 is 42.5. The van der Waals surface area contributed by atoms with E-state index in [1.165, 1.54) is 0 Å². The number of rotatable bonds is 7. The van der Waals surface area contributed by atoms with E-state index >= 15 is 0 Å². The van der Waals surface area contributed by atoms with Crippen LogP contribution in [0.3, 0.4) is 0 Å². The molecule has 3 aromatic rings. The summed E-state index contributed by atoms with van der Waals surface area (Å²) >= 11 is 0. The van der Waals surface area contributed by atoms with Crippen molar-refractivity contribution in [1.82, 2.24) is 14.4 Å². The number of aromatic nitrogens is 3. The highest BCUT2D eigenvalue weighted by Gasteiger charge is 2.39. The number of amides is 2. The number of hydrogen-bond acceptors (Lipinski definition) is 8. The van der Waals surface area contributed by atoms with E-state index in [1.54, 1.807) is 19.5 Å². The fourth-order valence-corrected chi connectivity index (χ4v) is 6.14. The van der Waals surface area contributed by atoms with Crippen molar-refractivity contribution in [3.05, 3.63) is 42.0 Å². The zero-order chi connectivity index (χ0) is 24.8. The van der Waals surface area contributed by atoms with Gasteiger partial charge in [-0.25, -0.2) is 23.2 Å². The van der Waals surface area contributed by atoms with Gasteiger partial charge in [-0.3, -0.25) is 5.32 Å². The number of aryl methyl sites for hydroxylation is 1. The molecule has 0 aliphatic carbocycles. The molecule has 0 spiro atoms. The molecule has 3 aromatic heterocycles. The molecule has 2 amide bonds. The van der Waals surface area contributed by atoms with Crippen molar-refractivity contribution in [1.29, 1.82) is 0 Å². The molecular formula is C23H27N5O6S. The average Bonchev–Trinajstić information content (AvgIpc) is 3.41. The molecule has 186 valence electrons. The number of hydrogen-bond donors (Lipinski definition) is 2. The highest BCUT2D eigenvalue weighted by Crippen LogP contribution is 2.38. The number of carbonyl (C=O) groups is 1. The van der Waals surface area contributed by atoms with Gasteiger partial charge in [0.05, 0.1) is 41.6 Å². The number of ether oxygens (including phenoxy) is 3. The summed E-state index contributed by atoms with van der Waals surface area (Å²) in [6, 6.07) is 6.66. The zero-order valence-corrected chi connectivity index (χ0v) is 20.3. The van der Waals surface area contributed by atoms with Gasteiger partial charge >= 0.3 is 6.03 Å². The first kappa shape index (κ1) is 23.5. The van der Waals surface area contributed by atoms with Crippen LogP contribution in [0.25, 0.3) is 16.8 Å². The first-order valence-corrected chi connectivity index (χ1v) is 13.0. The van der Waals surface area contributed by atoms with Gasteiger partial charge in [-0.2, -0.15) is 0 Å². The Morgan fingerprint density at radius 2 is 2.11 bits per heavy atom. The summed E-state index contributed by atoms with van der Waals surface area (Å²) in [7, 11) is -1.30. The molecule has 0 unspecified atom stereocenters. The lowest BCUT2D eigenvalue weighted by Gasteiger charge is -2.27. The molecule has 5 rings (SSSR count). The lowest BCUT2D eigenvalue weighted by molar-refractivity contribution is -0.0247. The summed E-state index contributed by atoms with van der Waals surface area (Å²) in [5.41, 5.74) is 8.38. The van der Waals surface area contributed by atoms with Crippen molar-refractivity contribution in [2.75, 3.05) is 43.8 Å². The molecule has 12 heteroatoms. The summed E-state index contributed by atoms with van der Waals surface area (Å²) in [6.07, 6.45) is 2.26. The molecule has 2 saturated heterocycles. The number of carbonyl (C=O) groups excluding carboxylic acids is 1. The summed E-state index contributed by atoms with van der Waals surface area (Å²) in [4.78, 5) is 20.5. The van der Waals surface area contributed by atoms with Gasteiger partial charge in [-0.15, -0.1) is 0 Å². The van der Waals surface area contributed by atoms with Crippen LogP contribution in [-0.2, 0) is 24.9 Å². The standard InChI is InChI=1S/C23H27N5O6S/c1-14-5-17(19-8-21(27-22(24)29)25-13-28(14)19)18-6-16(34-9-15-10-35(30,31)11-15)7-20(26-18)23(32-2)3-4-33-12-23/h5-8,13,15H,3-4,9-12H2,1-2H3,(H3,24,27,29)/t23-/m0/s1. The van der Waals surface area contributed by atoms with Gasteiger partial charge in [0.2, 0.25) is 0 Å². The summed E-state index contributed by atoms with van der Waals surface area (Å²) in [6.45, 7) is 3.16. The molecule has 3 N–H and O–H groups in total. The van der Waals surface area contributed by atoms with Gasteiger partial charge < -0.3 is 24.3 Å². The lowest BCUT2D eigenvalue weighted by Crippen LogP contribution is -2.39. The van der Waals surface area contributed by atoms with Gasteiger partial charge in [0, 0.05) is 55.5 Å². The number of pyridine rings is 1. The number of anilines is 1. The van der Waals surface area contributed by atoms with E-state index in [2.05, 4.69) is 10.3 Å². The van der Waals surface area contributed by atoms with Crippen LogP contribution in [0, 0.1) is 12.8 Å². The smallest absolute Gasteiger partial charge is 0.317 e. The number of nitrogens with zero attached hydrogens (tertiary/aromatic N) is 3. The van der Waals surface area contributed by atoms with Crippen LogP contribution in [0.1, 0.15) is 17.8 Å². The van der Waals surface area contributed by atoms with Crippen molar-refractivity contribution >= 4 is 27.2 Å². The van der Waals surface area contributed by atoms with E-state index in [-0.39, 0.29) is 17.4 Å². The quantitative estimate of drug-likeness (QED) is 0.499. The average molecular weight is 502 g/mol. The van der Waals surface area contributed by atoms with E-state index in [9.17, 15) is 13.2 Å². The van der Waals surface area contributed by atoms with Crippen LogP contribution in [0.2, 0.25) is 0 Å². The van der Waals surface area contributed by atoms with Crippen LogP contribution < -0.4 is 15.8 Å². The monoisotopic (exact) mass is 501 g/mol. The second kappa shape index (κ2) is 8.77. The molecule has 0 aromatic carbocycles. The SMILES string of the molecule is CO[C@@]1(c2cc(OCC3CS(=O)(=O)C3)cc(-c3cc(C)n4cnc(NC(N)=O)cc34)n2)CCOC1.